The molecule has 4 nitrogen and oxygen atoms in total. The Balaban J connectivity index is 1.87. The largest absolute Gasteiger partial charge is 0.469 e. The van der Waals surface area contributed by atoms with Gasteiger partial charge in [0.25, 0.3) is 3.79 Å². The normalized spacial score (nSPS) is 43.7. The molecule has 0 N–H and O–H groups in total. The van der Waals surface area contributed by atoms with Gasteiger partial charge in [-0.1, -0.05) is 34.8 Å². The Morgan fingerprint density at radius 3 is 2.37 bits per heavy atom. The van der Waals surface area contributed by atoms with Crippen LogP contribution < -0.4 is 0 Å². The average molecular weight is 347 g/mol. The van der Waals surface area contributed by atoms with Crippen LogP contribution in [-0.4, -0.2) is 51.3 Å². The van der Waals surface area contributed by atoms with E-state index in [1.165, 1.54) is 0 Å². The standard InChI is InChI=1S/C11H14Cl3NO3S/c1-10(2)17-6-5-4(8(19-3)7(6)18-10)15-9(16-5)11(12,13)14/h4-8H,1-3H3/t4-,5+,6+,7+,8+/m0/s1. The summed E-state index contributed by atoms with van der Waals surface area (Å²) >= 11 is 19.2. The third kappa shape index (κ3) is 2.36. The summed E-state index contributed by atoms with van der Waals surface area (Å²) in [7, 11) is 0. The van der Waals surface area contributed by atoms with Crippen LogP contribution in [0.15, 0.2) is 4.99 Å². The quantitative estimate of drug-likeness (QED) is 0.685. The van der Waals surface area contributed by atoms with Gasteiger partial charge in [0, 0.05) is 0 Å². The van der Waals surface area contributed by atoms with Gasteiger partial charge in [-0.05, 0) is 20.1 Å². The van der Waals surface area contributed by atoms with Gasteiger partial charge in [0.1, 0.15) is 18.2 Å². The maximum absolute atomic E-state index is 5.94. The number of aliphatic imine (C=N–C) groups is 1. The van der Waals surface area contributed by atoms with Crippen LogP contribution in [0.1, 0.15) is 13.8 Å². The maximum atomic E-state index is 5.94. The summed E-state index contributed by atoms with van der Waals surface area (Å²) < 4.78 is 16.0. The van der Waals surface area contributed by atoms with E-state index in [9.17, 15) is 0 Å². The highest BCUT2D eigenvalue weighted by atomic mass is 35.6. The van der Waals surface area contributed by atoms with E-state index < -0.39 is 9.58 Å². The number of nitrogens with zero attached hydrogens (tertiary/aromatic N) is 1. The van der Waals surface area contributed by atoms with Gasteiger partial charge in [-0.2, -0.15) is 11.8 Å². The van der Waals surface area contributed by atoms with Crippen molar-refractivity contribution in [3.05, 3.63) is 0 Å². The number of ether oxygens (including phenoxy) is 3. The SMILES string of the molecule is CS[C@@H]1[C@H]2N=C(C(Cl)(Cl)Cl)O[C@H]2[C@H]2OC(C)(C)O[C@H]21. The third-order valence-electron chi connectivity index (χ3n) is 3.51. The zero-order valence-corrected chi connectivity index (χ0v) is 13.7. The van der Waals surface area contributed by atoms with Gasteiger partial charge < -0.3 is 14.2 Å². The number of alkyl halides is 3. The monoisotopic (exact) mass is 345 g/mol. The molecule has 2 fully saturated rings. The molecule has 8 heteroatoms. The van der Waals surface area contributed by atoms with E-state index in [1.54, 1.807) is 11.8 Å². The summed E-state index contributed by atoms with van der Waals surface area (Å²) in [6.07, 6.45) is 1.56. The number of halogens is 3. The Labute approximate surface area is 131 Å². The fourth-order valence-corrected chi connectivity index (χ4v) is 4.15. The van der Waals surface area contributed by atoms with Crippen LogP contribution >= 0.6 is 46.6 Å². The molecule has 0 radical (unpaired) electrons. The molecule has 2 heterocycles. The van der Waals surface area contributed by atoms with Crippen molar-refractivity contribution in [3.63, 3.8) is 0 Å². The fourth-order valence-electron chi connectivity index (χ4n) is 2.89. The number of fused-ring (bicyclic) bond motifs is 3. The van der Waals surface area contributed by atoms with Crippen LogP contribution in [0.3, 0.4) is 0 Å². The predicted octanol–water partition coefficient (Wildman–Crippen LogP) is 2.79. The first-order chi connectivity index (χ1) is 8.73. The first-order valence-corrected chi connectivity index (χ1v) is 8.35. The van der Waals surface area contributed by atoms with Crippen LogP contribution in [0.4, 0.5) is 0 Å². The first-order valence-electron chi connectivity index (χ1n) is 5.93. The van der Waals surface area contributed by atoms with Crippen molar-refractivity contribution in [1.82, 2.24) is 0 Å². The number of thioether (sulfide) groups is 1. The predicted molar refractivity (Wildman–Crippen MR) is 77.5 cm³/mol. The second-order valence-electron chi connectivity index (χ2n) is 5.27. The first kappa shape index (κ1) is 14.5. The molecular weight excluding hydrogens is 333 g/mol. The fraction of sp³-hybridized carbons (Fsp3) is 0.909. The number of rotatable bonds is 1. The lowest BCUT2D eigenvalue weighted by Gasteiger charge is -2.23. The Hall–Kier alpha value is 0.610. The molecule has 1 saturated carbocycles. The van der Waals surface area contributed by atoms with Crippen molar-refractivity contribution >= 4 is 52.5 Å². The Bertz CT molecular complexity index is 426. The molecule has 1 aliphatic carbocycles. The summed E-state index contributed by atoms with van der Waals surface area (Å²) in [5, 5.41) is 0.140. The molecule has 108 valence electrons. The summed E-state index contributed by atoms with van der Waals surface area (Å²) in [5.41, 5.74) is 0. The summed E-state index contributed by atoms with van der Waals surface area (Å²) in [6, 6.07) is -0.0910. The maximum Gasteiger partial charge on any atom is 0.266 e. The van der Waals surface area contributed by atoms with Gasteiger partial charge in [0.2, 0.25) is 5.90 Å². The molecule has 2 aliphatic heterocycles. The molecule has 0 bridgehead atoms. The summed E-state index contributed by atoms with van der Waals surface area (Å²) in [5.74, 6) is -0.460. The van der Waals surface area contributed by atoms with Crippen LogP contribution in [0, 0.1) is 0 Å². The minimum absolute atomic E-state index is 0.0410. The van der Waals surface area contributed by atoms with Crippen molar-refractivity contribution in [2.75, 3.05) is 6.26 Å². The molecule has 0 aromatic rings. The number of hydrogen-bond donors (Lipinski definition) is 0. The van der Waals surface area contributed by atoms with Gasteiger partial charge in [-0.15, -0.1) is 0 Å². The molecule has 19 heavy (non-hydrogen) atoms. The van der Waals surface area contributed by atoms with E-state index in [2.05, 4.69) is 4.99 Å². The van der Waals surface area contributed by atoms with E-state index in [0.29, 0.717) is 0 Å². The van der Waals surface area contributed by atoms with Crippen molar-refractivity contribution in [2.24, 2.45) is 4.99 Å². The molecular formula is C11H14Cl3NO3S. The molecule has 0 aromatic heterocycles. The van der Waals surface area contributed by atoms with Gasteiger partial charge in [0.05, 0.1) is 5.25 Å². The topological polar surface area (TPSA) is 40.0 Å². The highest BCUT2D eigenvalue weighted by Gasteiger charge is 2.63. The lowest BCUT2D eigenvalue weighted by Crippen LogP contribution is -2.35. The van der Waals surface area contributed by atoms with Gasteiger partial charge in [0.15, 0.2) is 11.9 Å². The second kappa shape index (κ2) is 4.55. The minimum atomic E-state index is -1.63. The zero-order valence-electron chi connectivity index (χ0n) is 10.6. The highest BCUT2D eigenvalue weighted by molar-refractivity contribution is 7.99. The van der Waals surface area contributed by atoms with Gasteiger partial charge >= 0.3 is 0 Å². The smallest absolute Gasteiger partial charge is 0.266 e. The Morgan fingerprint density at radius 2 is 1.79 bits per heavy atom. The molecule has 1 saturated heterocycles. The number of hydrogen-bond acceptors (Lipinski definition) is 5. The van der Waals surface area contributed by atoms with Crippen molar-refractivity contribution in [3.8, 4) is 0 Å². The van der Waals surface area contributed by atoms with E-state index in [0.717, 1.165) is 0 Å². The summed E-state index contributed by atoms with van der Waals surface area (Å²) in [6.45, 7) is 3.78. The van der Waals surface area contributed by atoms with Crippen molar-refractivity contribution < 1.29 is 14.2 Å². The lowest BCUT2D eigenvalue weighted by atomic mass is 10.2. The van der Waals surface area contributed by atoms with Gasteiger partial charge in [-0.25, -0.2) is 4.99 Å². The molecule has 3 aliphatic rings. The zero-order chi connectivity index (χ0) is 14.0. The molecule has 0 aromatic carbocycles. The molecule has 0 spiro atoms. The molecule has 3 rings (SSSR count). The minimum Gasteiger partial charge on any atom is -0.469 e. The van der Waals surface area contributed by atoms with Crippen LogP contribution in [0.2, 0.25) is 0 Å². The van der Waals surface area contributed by atoms with E-state index in [-0.39, 0.29) is 35.5 Å². The summed E-state index contributed by atoms with van der Waals surface area (Å²) in [4.78, 5) is 4.42. The third-order valence-corrected chi connectivity index (χ3v) is 5.09. The van der Waals surface area contributed by atoms with E-state index in [4.69, 9.17) is 49.0 Å². The lowest BCUT2D eigenvalue weighted by molar-refractivity contribution is -0.159. The Kier molecular flexibility index (Phi) is 3.48. The van der Waals surface area contributed by atoms with Crippen molar-refractivity contribution in [1.29, 1.82) is 0 Å². The molecule has 0 unspecified atom stereocenters. The highest BCUT2D eigenvalue weighted by Crippen LogP contribution is 2.48. The van der Waals surface area contributed by atoms with E-state index in [1.807, 2.05) is 20.1 Å². The average Bonchev–Trinajstić information content (AvgIpc) is 2.85. The Morgan fingerprint density at radius 1 is 1.16 bits per heavy atom. The van der Waals surface area contributed by atoms with Crippen LogP contribution in [-0.2, 0) is 14.2 Å². The van der Waals surface area contributed by atoms with Gasteiger partial charge in [-0.3, -0.25) is 0 Å². The van der Waals surface area contributed by atoms with Crippen LogP contribution in [0.5, 0.6) is 0 Å². The van der Waals surface area contributed by atoms with E-state index >= 15 is 0 Å². The molecule has 5 atom stereocenters. The second-order valence-corrected chi connectivity index (χ2v) is 8.57. The molecule has 0 amide bonds. The van der Waals surface area contributed by atoms with Crippen molar-refractivity contribution in [2.45, 2.75) is 53.0 Å². The van der Waals surface area contributed by atoms with Crippen LogP contribution in [0.25, 0.3) is 0 Å².